The quantitative estimate of drug-likeness (QED) is 0.827. The van der Waals surface area contributed by atoms with Crippen molar-refractivity contribution in [3.63, 3.8) is 0 Å². The lowest BCUT2D eigenvalue weighted by atomic mass is 10.0. The fourth-order valence-electron chi connectivity index (χ4n) is 1.77. The number of aromatic nitrogens is 3. The van der Waals surface area contributed by atoms with E-state index in [4.69, 9.17) is 12.2 Å². The first-order valence-electron chi connectivity index (χ1n) is 5.35. The highest BCUT2D eigenvalue weighted by Crippen LogP contribution is 2.17. The second-order valence-corrected chi connectivity index (χ2v) is 4.39. The molecule has 1 N–H and O–H groups in total. The van der Waals surface area contributed by atoms with Gasteiger partial charge in [-0.15, -0.1) is 0 Å². The van der Waals surface area contributed by atoms with Gasteiger partial charge in [0.05, 0.1) is 0 Å². The first kappa shape index (κ1) is 11.1. The molecule has 0 spiro atoms. The zero-order valence-electron chi connectivity index (χ0n) is 9.47. The number of hydrogen-bond acceptors (Lipinski definition) is 2. The maximum absolute atomic E-state index is 5.19. The molecule has 0 bridgehead atoms. The summed E-state index contributed by atoms with van der Waals surface area (Å²) in [5.41, 5.74) is 1.32. The van der Waals surface area contributed by atoms with E-state index >= 15 is 0 Å². The lowest BCUT2D eigenvalue weighted by Gasteiger charge is -2.13. The summed E-state index contributed by atoms with van der Waals surface area (Å²) in [5.74, 6) is 1.37. The van der Waals surface area contributed by atoms with Gasteiger partial charge in [0.25, 0.3) is 0 Å². The molecule has 0 radical (unpaired) electrons. The Bertz CT molecular complexity index is 513. The van der Waals surface area contributed by atoms with Gasteiger partial charge in [0.1, 0.15) is 5.82 Å². The molecule has 1 aromatic heterocycles. The van der Waals surface area contributed by atoms with Crippen molar-refractivity contribution in [3.8, 4) is 0 Å². The number of H-pyrrole nitrogens is 1. The highest BCUT2D eigenvalue weighted by molar-refractivity contribution is 7.71. The van der Waals surface area contributed by atoms with Crippen LogP contribution in [-0.4, -0.2) is 14.8 Å². The molecule has 1 heterocycles. The normalized spacial score (nSPS) is 12.6. The van der Waals surface area contributed by atoms with Crippen LogP contribution in [0.5, 0.6) is 0 Å². The second kappa shape index (κ2) is 4.61. The van der Waals surface area contributed by atoms with Crippen LogP contribution in [-0.2, 0) is 6.54 Å². The molecule has 84 valence electrons. The Kier molecular flexibility index (Phi) is 3.19. The van der Waals surface area contributed by atoms with Crippen molar-refractivity contribution in [2.75, 3.05) is 0 Å². The molecule has 16 heavy (non-hydrogen) atoms. The third-order valence-electron chi connectivity index (χ3n) is 2.77. The Morgan fingerprint density at radius 1 is 1.38 bits per heavy atom. The number of nitrogens with zero attached hydrogens (tertiary/aromatic N) is 2. The smallest absolute Gasteiger partial charge is 0.195 e. The minimum absolute atomic E-state index is 0.434. The van der Waals surface area contributed by atoms with E-state index in [-0.39, 0.29) is 0 Å². The van der Waals surface area contributed by atoms with Crippen molar-refractivity contribution in [2.45, 2.75) is 26.3 Å². The van der Waals surface area contributed by atoms with Gasteiger partial charge < -0.3 is 4.57 Å². The summed E-state index contributed by atoms with van der Waals surface area (Å²) in [6, 6.07) is 10.4. The maximum Gasteiger partial charge on any atom is 0.195 e. The van der Waals surface area contributed by atoms with Crippen LogP contribution in [0.4, 0.5) is 0 Å². The van der Waals surface area contributed by atoms with Gasteiger partial charge in [-0.1, -0.05) is 37.3 Å². The van der Waals surface area contributed by atoms with Crippen molar-refractivity contribution in [3.05, 3.63) is 46.5 Å². The van der Waals surface area contributed by atoms with E-state index < -0.39 is 0 Å². The molecular weight excluding hydrogens is 218 g/mol. The summed E-state index contributed by atoms with van der Waals surface area (Å²) in [6.07, 6.45) is 0. The van der Waals surface area contributed by atoms with Crippen LogP contribution < -0.4 is 0 Å². The van der Waals surface area contributed by atoms with Gasteiger partial charge in [0, 0.05) is 6.54 Å². The van der Waals surface area contributed by atoms with Crippen LogP contribution in [0.15, 0.2) is 30.3 Å². The van der Waals surface area contributed by atoms with Crippen molar-refractivity contribution in [1.82, 2.24) is 14.8 Å². The minimum atomic E-state index is 0.434. The van der Waals surface area contributed by atoms with E-state index in [2.05, 4.69) is 41.4 Å². The summed E-state index contributed by atoms with van der Waals surface area (Å²) >= 11 is 5.19. The zero-order valence-corrected chi connectivity index (χ0v) is 10.3. The Hall–Kier alpha value is -1.42. The van der Waals surface area contributed by atoms with Crippen molar-refractivity contribution >= 4 is 12.2 Å². The van der Waals surface area contributed by atoms with E-state index in [1.807, 2.05) is 17.6 Å². The number of benzene rings is 1. The lowest BCUT2D eigenvalue weighted by molar-refractivity contribution is 0.578. The van der Waals surface area contributed by atoms with Gasteiger partial charge in [0.2, 0.25) is 0 Å². The number of nitrogens with one attached hydrogen (secondary N) is 1. The van der Waals surface area contributed by atoms with Gasteiger partial charge in [-0.25, -0.2) is 0 Å². The Morgan fingerprint density at radius 2 is 2.06 bits per heavy atom. The first-order chi connectivity index (χ1) is 7.68. The largest absolute Gasteiger partial charge is 0.304 e. The van der Waals surface area contributed by atoms with Crippen LogP contribution in [0.2, 0.25) is 0 Å². The highest BCUT2D eigenvalue weighted by atomic mass is 32.1. The fourth-order valence-corrected chi connectivity index (χ4v) is 2.02. The van der Waals surface area contributed by atoms with Crippen LogP contribution >= 0.6 is 12.2 Å². The predicted octanol–water partition coefficient (Wildman–Crippen LogP) is 3.05. The molecule has 2 rings (SSSR count). The Labute approximate surface area is 100 Å². The molecule has 0 aliphatic rings. The maximum atomic E-state index is 5.19. The average Bonchev–Trinajstić information content (AvgIpc) is 2.62. The molecule has 1 unspecified atom stereocenters. The molecule has 0 fully saturated rings. The number of rotatable bonds is 3. The molecule has 3 nitrogen and oxygen atoms in total. The molecule has 1 atom stereocenters. The van der Waals surface area contributed by atoms with Crippen molar-refractivity contribution < 1.29 is 0 Å². The molecule has 2 aromatic rings. The summed E-state index contributed by atoms with van der Waals surface area (Å²) in [5, 5.41) is 6.92. The van der Waals surface area contributed by atoms with E-state index in [9.17, 15) is 0 Å². The standard InChI is InChI=1S/C12H15N3S/c1-9(11-6-4-3-5-7-11)8-15-10(2)13-14-12(15)16/h3-7,9H,8H2,1-2H3,(H,14,16). The summed E-state index contributed by atoms with van der Waals surface area (Å²) in [6.45, 7) is 5.03. The average molecular weight is 233 g/mol. The lowest BCUT2D eigenvalue weighted by Crippen LogP contribution is -2.08. The Morgan fingerprint density at radius 3 is 2.62 bits per heavy atom. The number of aryl methyl sites for hydroxylation is 1. The molecule has 1 aromatic carbocycles. The van der Waals surface area contributed by atoms with E-state index in [1.165, 1.54) is 5.56 Å². The van der Waals surface area contributed by atoms with E-state index in [0.717, 1.165) is 12.4 Å². The molecule has 0 amide bonds. The van der Waals surface area contributed by atoms with Crippen LogP contribution in [0.1, 0.15) is 24.2 Å². The first-order valence-corrected chi connectivity index (χ1v) is 5.76. The van der Waals surface area contributed by atoms with E-state index in [1.54, 1.807) is 0 Å². The second-order valence-electron chi connectivity index (χ2n) is 4.00. The van der Waals surface area contributed by atoms with Crippen LogP contribution in [0.3, 0.4) is 0 Å². The number of aromatic amines is 1. The summed E-state index contributed by atoms with van der Waals surface area (Å²) < 4.78 is 2.73. The summed E-state index contributed by atoms with van der Waals surface area (Å²) in [7, 11) is 0. The topological polar surface area (TPSA) is 33.6 Å². The Balaban J connectivity index is 2.20. The minimum Gasteiger partial charge on any atom is -0.304 e. The van der Waals surface area contributed by atoms with Gasteiger partial charge in [-0.3, -0.25) is 5.10 Å². The van der Waals surface area contributed by atoms with Crippen LogP contribution in [0, 0.1) is 11.7 Å². The van der Waals surface area contributed by atoms with Crippen molar-refractivity contribution in [2.24, 2.45) is 0 Å². The molecule has 4 heteroatoms. The molecule has 0 aliphatic heterocycles. The van der Waals surface area contributed by atoms with Gasteiger partial charge in [-0.05, 0) is 30.6 Å². The van der Waals surface area contributed by atoms with Gasteiger partial charge in [-0.2, -0.15) is 5.10 Å². The molecular formula is C12H15N3S. The third-order valence-corrected chi connectivity index (χ3v) is 3.09. The molecule has 0 saturated carbocycles. The number of hydrogen-bond donors (Lipinski definition) is 1. The predicted molar refractivity (Wildman–Crippen MR) is 67.0 cm³/mol. The zero-order chi connectivity index (χ0) is 11.5. The monoisotopic (exact) mass is 233 g/mol. The SMILES string of the molecule is Cc1n[nH]c(=S)n1CC(C)c1ccccc1. The van der Waals surface area contributed by atoms with E-state index in [0.29, 0.717) is 10.7 Å². The van der Waals surface area contributed by atoms with Crippen LogP contribution in [0.25, 0.3) is 0 Å². The van der Waals surface area contributed by atoms with Gasteiger partial charge in [0.15, 0.2) is 4.77 Å². The molecule has 0 saturated heterocycles. The van der Waals surface area contributed by atoms with Gasteiger partial charge >= 0.3 is 0 Å². The summed E-state index contributed by atoms with van der Waals surface area (Å²) in [4.78, 5) is 0. The third kappa shape index (κ3) is 2.22. The fraction of sp³-hybridized carbons (Fsp3) is 0.333. The highest BCUT2D eigenvalue weighted by Gasteiger charge is 2.08. The van der Waals surface area contributed by atoms with Crippen molar-refractivity contribution in [1.29, 1.82) is 0 Å². The molecule has 0 aliphatic carbocycles.